The van der Waals surface area contributed by atoms with E-state index in [0.29, 0.717) is 6.04 Å². The first-order valence-electron chi connectivity index (χ1n) is 9.10. The monoisotopic (exact) mass is 346 g/mol. The second-order valence-electron chi connectivity index (χ2n) is 7.95. The highest BCUT2D eigenvalue weighted by Gasteiger charge is 2.30. The Balaban J connectivity index is 2.14. The van der Waals surface area contributed by atoms with Crippen LogP contribution in [0.2, 0.25) is 0 Å². The highest BCUT2D eigenvalue weighted by atomic mass is 19.1. The highest BCUT2D eigenvalue weighted by Crippen LogP contribution is 2.31. The quantitative estimate of drug-likeness (QED) is 0.753. The predicted octanol–water partition coefficient (Wildman–Crippen LogP) is 3.99. The standard InChI is InChI=1S/C21H31FN2O/c1-16(2)14-20(24-12-10-23(11-13-24)17(3)25)15-21(4,5)18-6-8-19(22)9-7-18/h6-9,14,20H,10-13,15H2,1-5H3. The van der Waals surface area contributed by atoms with Crippen LogP contribution in [-0.4, -0.2) is 47.9 Å². The maximum absolute atomic E-state index is 13.3. The van der Waals surface area contributed by atoms with Crippen molar-refractivity contribution in [3.63, 3.8) is 0 Å². The van der Waals surface area contributed by atoms with E-state index in [4.69, 9.17) is 0 Å². The number of amides is 1. The Morgan fingerprint density at radius 3 is 2.16 bits per heavy atom. The molecule has 0 aromatic heterocycles. The minimum atomic E-state index is -0.194. The molecule has 1 amide bonds. The molecule has 0 radical (unpaired) electrons. The molecule has 0 spiro atoms. The summed E-state index contributed by atoms with van der Waals surface area (Å²) in [6.45, 7) is 13.7. The van der Waals surface area contributed by atoms with Gasteiger partial charge in [-0.2, -0.15) is 0 Å². The largest absolute Gasteiger partial charge is 0.340 e. The average molecular weight is 346 g/mol. The van der Waals surface area contributed by atoms with Gasteiger partial charge in [-0.25, -0.2) is 4.39 Å². The Kier molecular flexibility index (Phi) is 6.39. The van der Waals surface area contributed by atoms with Crippen molar-refractivity contribution in [2.75, 3.05) is 26.2 Å². The fourth-order valence-electron chi connectivity index (χ4n) is 3.59. The van der Waals surface area contributed by atoms with Gasteiger partial charge in [0.1, 0.15) is 5.82 Å². The average Bonchev–Trinajstić information content (AvgIpc) is 2.54. The van der Waals surface area contributed by atoms with E-state index in [0.717, 1.165) is 38.2 Å². The molecular weight excluding hydrogens is 315 g/mol. The van der Waals surface area contributed by atoms with E-state index in [1.54, 1.807) is 19.1 Å². The van der Waals surface area contributed by atoms with E-state index >= 15 is 0 Å². The van der Waals surface area contributed by atoms with Crippen molar-refractivity contribution < 1.29 is 9.18 Å². The Morgan fingerprint density at radius 2 is 1.68 bits per heavy atom. The van der Waals surface area contributed by atoms with E-state index < -0.39 is 0 Å². The van der Waals surface area contributed by atoms with Crippen LogP contribution in [0.1, 0.15) is 46.6 Å². The lowest BCUT2D eigenvalue weighted by molar-refractivity contribution is -0.130. The molecule has 138 valence electrons. The van der Waals surface area contributed by atoms with E-state index in [9.17, 15) is 9.18 Å². The molecule has 2 rings (SSSR count). The molecule has 0 saturated carbocycles. The van der Waals surface area contributed by atoms with Crippen LogP contribution >= 0.6 is 0 Å². The summed E-state index contributed by atoms with van der Waals surface area (Å²) in [5.41, 5.74) is 2.40. The summed E-state index contributed by atoms with van der Waals surface area (Å²) in [4.78, 5) is 15.9. The van der Waals surface area contributed by atoms with Gasteiger partial charge in [0, 0.05) is 39.1 Å². The first-order valence-corrected chi connectivity index (χ1v) is 9.10. The Morgan fingerprint density at radius 1 is 1.12 bits per heavy atom. The molecule has 25 heavy (non-hydrogen) atoms. The number of halogens is 1. The second-order valence-corrected chi connectivity index (χ2v) is 7.95. The molecule has 1 aromatic rings. The summed E-state index contributed by atoms with van der Waals surface area (Å²) in [6.07, 6.45) is 3.29. The van der Waals surface area contributed by atoms with Gasteiger partial charge in [0.15, 0.2) is 0 Å². The van der Waals surface area contributed by atoms with E-state index in [1.807, 2.05) is 17.0 Å². The fraction of sp³-hybridized carbons (Fsp3) is 0.571. The van der Waals surface area contributed by atoms with Crippen LogP contribution in [0.3, 0.4) is 0 Å². The SMILES string of the molecule is CC(=O)N1CCN(C(C=C(C)C)CC(C)(C)c2ccc(F)cc2)CC1. The molecule has 1 fully saturated rings. The van der Waals surface area contributed by atoms with Crippen molar-refractivity contribution >= 4 is 5.91 Å². The minimum Gasteiger partial charge on any atom is -0.340 e. The van der Waals surface area contributed by atoms with Crippen molar-refractivity contribution in [1.29, 1.82) is 0 Å². The highest BCUT2D eigenvalue weighted by molar-refractivity contribution is 5.73. The topological polar surface area (TPSA) is 23.6 Å². The number of piperazine rings is 1. The first kappa shape index (κ1) is 19.6. The van der Waals surface area contributed by atoms with Crippen molar-refractivity contribution in [2.45, 2.75) is 52.5 Å². The molecule has 1 unspecified atom stereocenters. The first-order chi connectivity index (χ1) is 11.7. The molecule has 1 atom stereocenters. The maximum Gasteiger partial charge on any atom is 0.219 e. The number of allylic oxidation sites excluding steroid dienone is 1. The molecule has 1 saturated heterocycles. The maximum atomic E-state index is 13.3. The van der Waals surface area contributed by atoms with Crippen molar-refractivity contribution in [3.8, 4) is 0 Å². The molecule has 3 nitrogen and oxygen atoms in total. The lowest BCUT2D eigenvalue weighted by Crippen LogP contribution is -2.52. The third-order valence-electron chi connectivity index (χ3n) is 5.10. The summed E-state index contributed by atoms with van der Waals surface area (Å²) >= 11 is 0. The normalized spacial score (nSPS) is 17.3. The molecular formula is C21H31FN2O. The van der Waals surface area contributed by atoms with Crippen LogP contribution in [0.4, 0.5) is 4.39 Å². The van der Waals surface area contributed by atoms with Gasteiger partial charge in [0.25, 0.3) is 0 Å². The number of rotatable bonds is 5. The molecule has 0 aliphatic carbocycles. The van der Waals surface area contributed by atoms with Gasteiger partial charge in [-0.3, -0.25) is 9.69 Å². The van der Waals surface area contributed by atoms with Crippen LogP contribution < -0.4 is 0 Å². The summed E-state index contributed by atoms with van der Waals surface area (Å²) in [7, 11) is 0. The van der Waals surface area contributed by atoms with Crippen molar-refractivity contribution in [1.82, 2.24) is 9.80 Å². The molecule has 0 N–H and O–H groups in total. The van der Waals surface area contributed by atoms with E-state index in [-0.39, 0.29) is 17.1 Å². The lowest BCUT2D eigenvalue weighted by Gasteiger charge is -2.41. The number of benzene rings is 1. The Labute approximate surface area is 151 Å². The van der Waals surface area contributed by atoms with Gasteiger partial charge < -0.3 is 4.90 Å². The van der Waals surface area contributed by atoms with E-state index in [1.165, 1.54) is 5.57 Å². The zero-order valence-corrected chi connectivity index (χ0v) is 16.2. The number of carbonyl (C=O) groups excluding carboxylic acids is 1. The second kappa shape index (κ2) is 8.13. The molecule has 1 heterocycles. The van der Waals surface area contributed by atoms with Crippen LogP contribution in [0.25, 0.3) is 0 Å². The Bertz CT molecular complexity index is 609. The van der Waals surface area contributed by atoms with Crippen molar-refractivity contribution in [3.05, 3.63) is 47.3 Å². The molecule has 1 aliphatic heterocycles. The number of hydrogen-bond acceptors (Lipinski definition) is 2. The van der Waals surface area contributed by atoms with Gasteiger partial charge in [0.05, 0.1) is 0 Å². The van der Waals surface area contributed by atoms with Gasteiger partial charge >= 0.3 is 0 Å². The molecule has 4 heteroatoms. The number of carbonyl (C=O) groups is 1. The van der Waals surface area contributed by atoms with Gasteiger partial charge in [-0.15, -0.1) is 0 Å². The molecule has 1 aromatic carbocycles. The predicted molar refractivity (Wildman–Crippen MR) is 101 cm³/mol. The fourth-order valence-corrected chi connectivity index (χ4v) is 3.59. The molecule has 0 bridgehead atoms. The number of hydrogen-bond donors (Lipinski definition) is 0. The zero-order chi connectivity index (χ0) is 18.6. The van der Waals surface area contributed by atoms with Crippen molar-refractivity contribution in [2.24, 2.45) is 0 Å². The lowest BCUT2D eigenvalue weighted by atomic mass is 9.78. The van der Waals surface area contributed by atoms with Crippen LogP contribution in [-0.2, 0) is 10.2 Å². The summed E-state index contributed by atoms with van der Waals surface area (Å²) < 4.78 is 13.3. The Hall–Kier alpha value is -1.68. The number of nitrogens with zero attached hydrogens (tertiary/aromatic N) is 2. The van der Waals surface area contributed by atoms with E-state index in [2.05, 4.69) is 38.7 Å². The van der Waals surface area contributed by atoms with Gasteiger partial charge in [-0.05, 0) is 43.4 Å². The molecule has 1 aliphatic rings. The smallest absolute Gasteiger partial charge is 0.219 e. The van der Waals surface area contributed by atoms with Gasteiger partial charge in [-0.1, -0.05) is 37.6 Å². The van der Waals surface area contributed by atoms with Crippen LogP contribution in [0.15, 0.2) is 35.9 Å². The van der Waals surface area contributed by atoms with Crippen LogP contribution in [0.5, 0.6) is 0 Å². The third-order valence-corrected chi connectivity index (χ3v) is 5.10. The summed E-state index contributed by atoms with van der Waals surface area (Å²) in [5.74, 6) is -0.0363. The minimum absolute atomic E-state index is 0.0535. The van der Waals surface area contributed by atoms with Gasteiger partial charge in [0.2, 0.25) is 5.91 Å². The zero-order valence-electron chi connectivity index (χ0n) is 16.2. The third kappa shape index (κ3) is 5.40. The van der Waals surface area contributed by atoms with Crippen LogP contribution in [0, 0.1) is 5.82 Å². The summed E-state index contributed by atoms with van der Waals surface area (Å²) in [6, 6.07) is 7.18. The summed E-state index contributed by atoms with van der Waals surface area (Å²) in [5, 5.41) is 0.